The highest BCUT2D eigenvalue weighted by molar-refractivity contribution is 5.93. The summed E-state index contributed by atoms with van der Waals surface area (Å²) in [6, 6.07) is 3.42. The lowest BCUT2D eigenvalue weighted by Crippen LogP contribution is -2.39. The van der Waals surface area contributed by atoms with Gasteiger partial charge in [-0.15, -0.1) is 0 Å². The number of aliphatic hydroxyl groups excluding tert-OH is 1. The molecule has 94 valence electrons. The van der Waals surface area contributed by atoms with E-state index < -0.39 is 0 Å². The van der Waals surface area contributed by atoms with Crippen molar-refractivity contribution >= 4 is 5.91 Å². The van der Waals surface area contributed by atoms with Gasteiger partial charge in [-0.05, 0) is 25.0 Å². The highest BCUT2D eigenvalue weighted by Crippen LogP contribution is 2.04. The van der Waals surface area contributed by atoms with Crippen LogP contribution in [0.15, 0.2) is 18.3 Å². The maximum Gasteiger partial charge on any atom is 0.270 e. The first-order chi connectivity index (χ1) is 8.19. The number of carbonyl (C=O) groups is 1. The number of methoxy groups -OCH3 is 1. The molecule has 1 unspecified atom stereocenters. The molecule has 0 aliphatic rings. The van der Waals surface area contributed by atoms with Crippen molar-refractivity contribution in [2.75, 3.05) is 20.3 Å². The predicted octanol–water partition coefficient (Wildman–Crippen LogP) is 0.517. The van der Waals surface area contributed by atoms with Crippen LogP contribution in [0.5, 0.6) is 0 Å². The molecule has 1 atom stereocenters. The fourth-order valence-corrected chi connectivity index (χ4v) is 1.53. The van der Waals surface area contributed by atoms with Gasteiger partial charge in [-0.25, -0.2) is 0 Å². The average molecular weight is 238 g/mol. The van der Waals surface area contributed by atoms with Crippen LogP contribution in [-0.4, -0.2) is 42.4 Å². The van der Waals surface area contributed by atoms with E-state index in [-0.39, 0.29) is 18.6 Å². The molecule has 1 aromatic rings. The second-order valence-electron chi connectivity index (χ2n) is 3.81. The van der Waals surface area contributed by atoms with Crippen molar-refractivity contribution in [1.29, 1.82) is 0 Å². The number of pyridine rings is 1. The number of amides is 1. The second-order valence-corrected chi connectivity index (χ2v) is 3.81. The minimum atomic E-state index is -0.237. The lowest BCUT2D eigenvalue weighted by Gasteiger charge is -2.16. The molecule has 0 saturated carbocycles. The number of nitrogens with zero attached hydrogens (tertiary/aromatic N) is 1. The molecule has 1 rings (SSSR count). The highest BCUT2D eigenvalue weighted by atomic mass is 16.5. The van der Waals surface area contributed by atoms with Gasteiger partial charge in [0.1, 0.15) is 5.69 Å². The molecule has 0 spiro atoms. The lowest BCUT2D eigenvalue weighted by molar-refractivity contribution is 0.0873. The Balaban J connectivity index is 2.67. The summed E-state index contributed by atoms with van der Waals surface area (Å²) in [4.78, 5) is 16.0. The molecule has 5 heteroatoms. The standard InChI is InChI=1S/C12H18N2O3/c1-9-4-3-6-13-11(9)12(16)14-10(5-7-15)8-17-2/h3-4,6,10,15H,5,7-8H2,1-2H3,(H,14,16). The van der Waals surface area contributed by atoms with E-state index in [1.807, 2.05) is 13.0 Å². The molecule has 2 N–H and O–H groups in total. The summed E-state index contributed by atoms with van der Waals surface area (Å²) < 4.78 is 4.98. The number of aromatic nitrogens is 1. The zero-order chi connectivity index (χ0) is 12.7. The van der Waals surface area contributed by atoms with E-state index in [4.69, 9.17) is 9.84 Å². The molecule has 0 fully saturated rings. The number of rotatable bonds is 6. The van der Waals surface area contributed by atoms with Crippen LogP contribution in [0, 0.1) is 6.92 Å². The van der Waals surface area contributed by atoms with Crippen LogP contribution in [0.3, 0.4) is 0 Å². The van der Waals surface area contributed by atoms with E-state index in [9.17, 15) is 4.79 Å². The SMILES string of the molecule is COCC(CCO)NC(=O)c1ncccc1C. The summed E-state index contributed by atoms with van der Waals surface area (Å²) in [6.07, 6.45) is 2.05. The highest BCUT2D eigenvalue weighted by Gasteiger charge is 2.15. The van der Waals surface area contributed by atoms with Gasteiger partial charge in [0.05, 0.1) is 12.6 Å². The van der Waals surface area contributed by atoms with Crippen molar-refractivity contribution in [3.05, 3.63) is 29.6 Å². The third kappa shape index (κ3) is 4.13. The fourth-order valence-electron chi connectivity index (χ4n) is 1.53. The smallest absolute Gasteiger partial charge is 0.270 e. The molecule has 1 aromatic heterocycles. The van der Waals surface area contributed by atoms with Crippen LogP contribution >= 0.6 is 0 Å². The van der Waals surface area contributed by atoms with Crippen LogP contribution in [0.2, 0.25) is 0 Å². The number of hydrogen-bond donors (Lipinski definition) is 2. The molecule has 0 aliphatic heterocycles. The van der Waals surface area contributed by atoms with E-state index in [1.165, 1.54) is 0 Å². The van der Waals surface area contributed by atoms with E-state index in [0.717, 1.165) is 5.56 Å². The number of ether oxygens (including phenoxy) is 1. The minimum absolute atomic E-state index is 0.00943. The Bertz CT molecular complexity index is 363. The van der Waals surface area contributed by atoms with Gasteiger partial charge >= 0.3 is 0 Å². The molecule has 0 saturated heterocycles. The van der Waals surface area contributed by atoms with Crippen molar-refractivity contribution in [3.8, 4) is 0 Å². The molecular weight excluding hydrogens is 220 g/mol. The molecule has 0 radical (unpaired) electrons. The Morgan fingerprint density at radius 2 is 2.41 bits per heavy atom. The third-order valence-corrected chi connectivity index (χ3v) is 2.41. The van der Waals surface area contributed by atoms with E-state index >= 15 is 0 Å². The first-order valence-electron chi connectivity index (χ1n) is 5.51. The second kappa shape index (κ2) is 6.98. The lowest BCUT2D eigenvalue weighted by atomic mass is 10.2. The Labute approximate surface area is 101 Å². The largest absolute Gasteiger partial charge is 0.396 e. The minimum Gasteiger partial charge on any atom is -0.396 e. The average Bonchev–Trinajstić information content (AvgIpc) is 2.30. The summed E-state index contributed by atoms with van der Waals surface area (Å²) in [5.74, 6) is -0.237. The number of aryl methyl sites for hydroxylation is 1. The Kier molecular flexibility index (Phi) is 5.59. The van der Waals surface area contributed by atoms with Crippen LogP contribution in [0.25, 0.3) is 0 Å². The molecule has 1 heterocycles. The van der Waals surface area contributed by atoms with Gasteiger partial charge in [-0.1, -0.05) is 6.07 Å². The number of nitrogens with one attached hydrogen (secondary N) is 1. The van der Waals surface area contributed by atoms with Gasteiger partial charge in [-0.2, -0.15) is 0 Å². The fraction of sp³-hybridized carbons (Fsp3) is 0.500. The van der Waals surface area contributed by atoms with Gasteiger partial charge < -0.3 is 15.2 Å². The third-order valence-electron chi connectivity index (χ3n) is 2.41. The summed E-state index contributed by atoms with van der Waals surface area (Å²) in [6.45, 7) is 2.22. The van der Waals surface area contributed by atoms with Gasteiger partial charge in [0, 0.05) is 19.9 Å². The van der Waals surface area contributed by atoms with Gasteiger partial charge in [-0.3, -0.25) is 9.78 Å². The Hall–Kier alpha value is -1.46. The van der Waals surface area contributed by atoms with Crippen LogP contribution in [0.1, 0.15) is 22.5 Å². The Morgan fingerprint density at radius 1 is 1.65 bits per heavy atom. The van der Waals surface area contributed by atoms with Crippen molar-refractivity contribution in [3.63, 3.8) is 0 Å². The van der Waals surface area contributed by atoms with Crippen LogP contribution < -0.4 is 5.32 Å². The van der Waals surface area contributed by atoms with E-state index in [0.29, 0.717) is 18.7 Å². The zero-order valence-corrected chi connectivity index (χ0v) is 10.1. The van der Waals surface area contributed by atoms with Gasteiger partial charge in [0.25, 0.3) is 5.91 Å². The summed E-state index contributed by atoms with van der Waals surface area (Å²) in [7, 11) is 1.56. The molecular formula is C12H18N2O3. The Morgan fingerprint density at radius 3 is 3.00 bits per heavy atom. The first-order valence-corrected chi connectivity index (χ1v) is 5.51. The monoisotopic (exact) mass is 238 g/mol. The van der Waals surface area contributed by atoms with Crippen LogP contribution in [0.4, 0.5) is 0 Å². The predicted molar refractivity (Wildman–Crippen MR) is 63.8 cm³/mol. The quantitative estimate of drug-likeness (QED) is 0.758. The van der Waals surface area contributed by atoms with E-state index in [1.54, 1.807) is 19.4 Å². The van der Waals surface area contributed by atoms with Crippen molar-refractivity contribution in [2.24, 2.45) is 0 Å². The number of hydrogen-bond acceptors (Lipinski definition) is 4. The molecule has 0 aliphatic carbocycles. The molecule has 1 amide bonds. The van der Waals surface area contributed by atoms with Crippen molar-refractivity contribution in [2.45, 2.75) is 19.4 Å². The van der Waals surface area contributed by atoms with Crippen molar-refractivity contribution < 1.29 is 14.6 Å². The molecule has 17 heavy (non-hydrogen) atoms. The molecule has 0 aromatic carbocycles. The number of carbonyl (C=O) groups excluding carboxylic acids is 1. The maximum atomic E-state index is 11.9. The number of aliphatic hydroxyl groups is 1. The van der Waals surface area contributed by atoms with Crippen LogP contribution in [-0.2, 0) is 4.74 Å². The topological polar surface area (TPSA) is 71.5 Å². The molecule has 0 bridgehead atoms. The normalized spacial score (nSPS) is 12.2. The summed E-state index contributed by atoms with van der Waals surface area (Å²) in [5.41, 5.74) is 1.23. The van der Waals surface area contributed by atoms with Gasteiger partial charge in [0.2, 0.25) is 0 Å². The molecule has 5 nitrogen and oxygen atoms in total. The van der Waals surface area contributed by atoms with Crippen molar-refractivity contribution in [1.82, 2.24) is 10.3 Å². The first kappa shape index (κ1) is 13.6. The van der Waals surface area contributed by atoms with Gasteiger partial charge in [0.15, 0.2) is 0 Å². The van der Waals surface area contributed by atoms with E-state index in [2.05, 4.69) is 10.3 Å². The summed E-state index contributed by atoms with van der Waals surface area (Å²) >= 11 is 0. The zero-order valence-electron chi connectivity index (χ0n) is 10.1. The summed E-state index contributed by atoms with van der Waals surface area (Å²) in [5, 5.41) is 11.7. The maximum absolute atomic E-state index is 11.9.